The van der Waals surface area contributed by atoms with Gasteiger partial charge in [-0.15, -0.1) is 21.5 Å². The van der Waals surface area contributed by atoms with E-state index in [4.69, 9.17) is 16.6 Å². The number of aliphatic imine (C=N–C) groups is 1. The number of para-hydroxylation sites is 2. The summed E-state index contributed by atoms with van der Waals surface area (Å²) >= 11 is 7.94. The van der Waals surface area contributed by atoms with Gasteiger partial charge in [-0.05, 0) is 82.9 Å². The van der Waals surface area contributed by atoms with Crippen LogP contribution >= 0.6 is 22.9 Å². The molecule has 0 saturated heterocycles. The monoisotopic (exact) mass is 878 g/mol. The molecule has 3 aromatic carbocycles. The first-order valence-corrected chi connectivity index (χ1v) is 23.2. The van der Waals surface area contributed by atoms with Gasteiger partial charge in [0.05, 0.1) is 17.7 Å². The number of aromatic nitrogens is 3. The van der Waals surface area contributed by atoms with Crippen molar-refractivity contribution in [2.45, 2.75) is 97.4 Å². The van der Waals surface area contributed by atoms with Crippen LogP contribution in [-0.4, -0.2) is 62.6 Å². The predicted octanol–water partition coefficient (Wildman–Crippen LogP) is 10.9. The molecule has 0 fully saturated rings. The first kappa shape index (κ1) is 43.9. The molecule has 2 aromatic heterocycles. The molecule has 0 saturated carbocycles. The molecule has 0 spiro atoms. The SMILES string of the molecule is Cc1sc2c(c1C)C(c1ccc(Cl)cc1)=N[C@@H](CC(=O)CNC(=O)CCCCCN1C(=CC=CC=CC3=[N+](C)c4ccccc4C3(C)C)C(C)(C)c3ccccc31)c1nnc(C)n1-2. The molecule has 0 aliphatic carbocycles. The van der Waals surface area contributed by atoms with Crippen molar-refractivity contribution in [3.63, 3.8) is 0 Å². The summed E-state index contributed by atoms with van der Waals surface area (Å²) in [6, 6.07) is 24.4. The molecule has 11 heteroatoms. The number of allylic oxidation sites excluding steroid dienone is 6. The number of carbonyl (C=O) groups is 2. The number of Topliss-reactive ketones (excluding diaryl/α,β-unsaturated/α-hetero) is 1. The number of ketones is 1. The van der Waals surface area contributed by atoms with Crippen LogP contribution in [0.15, 0.2) is 114 Å². The molecule has 63 heavy (non-hydrogen) atoms. The van der Waals surface area contributed by atoms with Gasteiger partial charge in [0.2, 0.25) is 11.6 Å². The van der Waals surface area contributed by atoms with Crippen molar-refractivity contribution in [3.05, 3.63) is 158 Å². The first-order chi connectivity index (χ1) is 30.2. The highest BCUT2D eigenvalue weighted by molar-refractivity contribution is 7.15. The van der Waals surface area contributed by atoms with Crippen molar-refractivity contribution in [2.24, 2.45) is 4.99 Å². The number of benzene rings is 3. The van der Waals surface area contributed by atoms with E-state index in [9.17, 15) is 9.59 Å². The van der Waals surface area contributed by atoms with Crippen molar-refractivity contribution in [1.29, 1.82) is 0 Å². The van der Waals surface area contributed by atoms with Gasteiger partial charge in [-0.25, -0.2) is 0 Å². The summed E-state index contributed by atoms with van der Waals surface area (Å²) in [4.78, 5) is 35.4. The van der Waals surface area contributed by atoms with Crippen molar-refractivity contribution < 1.29 is 14.2 Å². The third-order valence-corrected chi connectivity index (χ3v) is 14.5. The van der Waals surface area contributed by atoms with Crippen LogP contribution in [0.4, 0.5) is 11.4 Å². The van der Waals surface area contributed by atoms with Crippen LogP contribution in [0, 0.1) is 20.8 Å². The Morgan fingerprint density at radius 1 is 0.873 bits per heavy atom. The number of rotatable bonds is 14. The van der Waals surface area contributed by atoms with Gasteiger partial charge in [-0.2, -0.15) is 4.58 Å². The van der Waals surface area contributed by atoms with Crippen LogP contribution in [0.2, 0.25) is 5.02 Å². The maximum Gasteiger partial charge on any atom is 0.220 e. The maximum absolute atomic E-state index is 13.5. The van der Waals surface area contributed by atoms with Gasteiger partial charge < -0.3 is 10.2 Å². The van der Waals surface area contributed by atoms with Gasteiger partial charge >= 0.3 is 0 Å². The molecule has 324 valence electrons. The number of nitrogens with zero attached hydrogens (tertiary/aromatic N) is 6. The normalized spacial score (nSPS) is 17.9. The van der Waals surface area contributed by atoms with Crippen molar-refractivity contribution in [2.75, 3.05) is 25.0 Å². The molecule has 0 unspecified atom stereocenters. The van der Waals surface area contributed by atoms with Crippen LogP contribution in [-0.2, 0) is 20.4 Å². The average Bonchev–Trinajstić information content (AvgIpc) is 3.88. The Bertz CT molecular complexity index is 2750. The molecule has 3 aliphatic rings. The lowest BCUT2D eigenvalue weighted by Crippen LogP contribution is -2.30. The van der Waals surface area contributed by atoms with Crippen LogP contribution in [0.1, 0.15) is 110 Å². The quantitative estimate of drug-likeness (QED) is 0.0681. The standard InChI is InChI=1S/C52H56ClN7O2S/c1-33-34(2)63-50-47(33)48(36-26-28-37(53)29-27-36)55-41(49-57-56-35(3)60(49)50)31-38(61)32-54-46(62)25-13-10-18-30-59-43-22-17-15-20-40(43)52(6,7)45(59)24-12-9-11-23-44-51(4,5)39-19-14-16-21-42(39)58(44)8/h9,11-12,14-17,19-24,26-29,41H,10,13,18,25,30-32H2,1-8H3/p+1/t41-/m0/s1. The van der Waals surface area contributed by atoms with Gasteiger partial charge in [0.15, 0.2) is 17.3 Å². The summed E-state index contributed by atoms with van der Waals surface area (Å²) in [6.45, 7) is 16.1. The number of hydrogen-bond acceptors (Lipinski definition) is 7. The van der Waals surface area contributed by atoms with Crippen molar-refractivity contribution in [3.8, 4) is 5.00 Å². The Morgan fingerprint density at radius 2 is 1.60 bits per heavy atom. The molecule has 1 atom stereocenters. The van der Waals surface area contributed by atoms with E-state index in [1.54, 1.807) is 11.3 Å². The van der Waals surface area contributed by atoms with Crippen LogP contribution in [0.3, 0.4) is 0 Å². The van der Waals surface area contributed by atoms with E-state index < -0.39 is 6.04 Å². The summed E-state index contributed by atoms with van der Waals surface area (Å²) in [5.74, 6) is 1.12. The minimum absolute atomic E-state index is 0.0633. The zero-order chi connectivity index (χ0) is 44.6. The van der Waals surface area contributed by atoms with Crippen molar-refractivity contribution in [1.82, 2.24) is 20.1 Å². The summed E-state index contributed by atoms with van der Waals surface area (Å²) in [7, 11) is 2.15. The number of amides is 1. The van der Waals surface area contributed by atoms with Gasteiger partial charge in [-0.1, -0.05) is 98.6 Å². The molecule has 1 amide bonds. The van der Waals surface area contributed by atoms with E-state index in [0.29, 0.717) is 17.3 Å². The Hall–Kier alpha value is -5.71. The highest BCUT2D eigenvalue weighted by Crippen LogP contribution is 2.48. The number of carbonyl (C=O) groups excluding carboxylic acids is 2. The average molecular weight is 880 g/mol. The van der Waals surface area contributed by atoms with E-state index in [-0.39, 0.29) is 35.5 Å². The minimum Gasteiger partial charge on any atom is -0.349 e. The third kappa shape index (κ3) is 8.43. The second-order valence-electron chi connectivity index (χ2n) is 17.9. The Kier molecular flexibility index (Phi) is 12.4. The van der Waals surface area contributed by atoms with E-state index in [1.807, 2.05) is 35.8 Å². The van der Waals surface area contributed by atoms with Gasteiger partial charge in [0.1, 0.15) is 23.9 Å². The number of nitrogens with one attached hydrogen (secondary N) is 1. The summed E-state index contributed by atoms with van der Waals surface area (Å²) in [5.41, 5.74) is 11.3. The largest absolute Gasteiger partial charge is 0.349 e. The lowest BCUT2D eigenvalue weighted by atomic mass is 9.81. The van der Waals surface area contributed by atoms with Crippen LogP contribution < -0.4 is 10.2 Å². The van der Waals surface area contributed by atoms with Crippen LogP contribution in [0.25, 0.3) is 5.00 Å². The number of aryl methyl sites for hydroxylation is 2. The number of halogens is 1. The molecular weight excluding hydrogens is 822 g/mol. The summed E-state index contributed by atoms with van der Waals surface area (Å²) < 4.78 is 4.33. The third-order valence-electron chi connectivity index (χ3n) is 13.0. The highest BCUT2D eigenvalue weighted by Gasteiger charge is 2.43. The Balaban J connectivity index is 0.868. The minimum atomic E-state index is -0.573. The van der Waals surface area contributed by atoms with E-state index >= 15 is 0 Å². The fourth-order valence-corrected chi connectivity index (χ4v) is 10.8. The molecular formula is C52H57ClN7O2S+. The number of thiophene rings is 1. The molecule has 5 aromatic rings. The van der Waals surface area contributed by atoms with Crippen molar-refractivity contribution >= 4 is 57.4 Å². The summed E-state index contributed by atoms with van der Waals surface area (Å²) in [5, 5.41) is 13.4. The fraction of sp³-hybridized carbons (Fsp3) is 0.346. The first-order valence-electron chi connectivity index (χ1n) is 22.0. The molecule has 8 rings (SSSR count). The highest BCUT2D eigenvalue weighted by atomic mass is 35.5. The van der Waals surface area contributed by atoms with Gasteiger partial charge in [0, 0.05) is 74.9 Å². The number of hydrogen-bond donors (Lipinski definition) is 1. The molecule has 0 radical (unpaired) electrons. The van der Waals surface area contributed by atoms with E-state index in [2.05, 4.69) is 152 Å². The van der Waals surface area contributed by atoms with E-state index in [0.717, 1.165) is 59.0 Å². The zero-order valence-corrected chi connectivity index (χ0v) is 39.2. The topological polar surface area (TPSA) is 95.5 Å². The number of anilines is 1. The Morgan fingerprint density at radius 3 is 2.37 bits per heavy atom. The molecule has 5 heterocycles. The second kappa shape index (κ2) is 17.8. The smallest absolute Gasteiger partial charge is 0.220 e. The lowest BCUT2D eigenvalue weighted by molar-refractivity contribution is -0.401. The zero-order valence-electron chi connectivity index (χ0n) is 37.6. The number of fused-ring (bicyclic) bond motifs is 5. The number of unbranched alkanes of at least 4 members (excludes halogenated alkanes) is 2. The van der Waals surface area contributed by atoms with E-state index in [1.165, 1.54) is 38.8 Å². The van der Waals surface area contributed by atoms with Gasteiger partial charge in [-0.3, -0.25) is 19.1 Å². The fourth-order valence-electron chi connectivity index (χ4n) is 9.48. The van der Waals surface area contributed by atoms with Gasteiger partial charge in [0.25, 0.3) is 0 Å². The predicted molar refractivity (Wildman–Crippen MR) is 258 cm³/mol. The second-order valence-corrected chi connectivity index (χ2v) is 19.6. The molecule has 0 bridgehead atoms. The van der Waals surface area contributed by atoms with Crippen LogP contribution in [0.5, 0.6) is 0 Å². The molecule has 1 N–H and O–H groups in total. The lowest BCUT2D eigenvalue weighted by Gasteiger charge is -2.27. The molecule has 3 aliphatic heterocycles. The molecule has 9 nitrogen and oxygen atoms in total. The maximum atomic E-state index is 13.5. The Labute approximate surface area is 380 Å². The summed E-state index contributed by atoms with van der Waals surface area (Å²) in [6.07, 6.45) is 13.9.